The molecule has 2 aromatic heterocycles. The molecule has 8 heteroatoms. The number of morpholine rings is 1. The lowest BCUT2D eigenvalue weighted by Gasteiger charge is -2.42. The highest BCUT2D eigenvalue weighted by Crippen LogP contribution is 2.32. The lowest BCUT2D eigenvalue weighted by Crippen LogP contribution is -2.52. The maximum atomic E-state index is 13.3. The van der Waals surface area contributed by atoms with Crippen LogP contribution in [0.2, 0.25) is 0 Å². The van der Waals surface area contributed by atoms with Crippen LogP contribution in [0.3, 0.4) is 0 Å². The summed E-state index contributed by atoms with van der Waals surface area (Å²) in [6, 6.07) is 1.56. The topological polar surface area (TPSA) is 76.6 Å². The first-order valence-electron chi connectivity index (χ1n) is 10.2. The predicted molar refractivity (Wildman–Crippen MR) is 103 cm³/mol. The van der Waals surface area contributed by atoms with Crippen molar-refractivity contribution in [1.29, 1.82) is 0 Å². The van der Waals surface area contributed by atoms with Gasteiger partial charge in [-0.2, -0.15) is 5.10 Å². The molecular weight excluding hydrogens is 358 g/mol. The summed E-state index contributed by atoms with van der Waals surface area (Å²) < 4.78 is 13.3. The van der Waals surface area contributed by atoms with Crippen molar-refractivity contribution in [2.75, 3.05) is 32.8 Å². The molecule has 0 bridgehead atoms. The fourth-order valence-electron chi connectivity index (χ4n) is 4.22. The molecule has 2 saturated heterocycles. The number of nitrogens with zero attached hydrogens (tertiary/aromatic N) is 5. The van der Waals surface area contributed by atoms with E-state index in [1.807, 2.05) is 31.3 Å². The van der Waals surface area contributed by atoms with Crippen LogP contribution in [0.15, 0.2) is 23.0 Å². The molecule has 4 heterocycles. The van der Waals surface area contributed by atoms with E-state index in [0.717, 1.165) is 37.3 Å². The van der Waals surface area contributed by atoms with Crippen LogP contribution in [0, 0.1) is 0 Å². The second-order valence-corrected chi connectivity index (χ2v) is 7.70. The van der Waals surface area contributed by atoms with Crippen molar-refractivity contribution < 1.29 is 14.1 Å². The molecule has 8 nitrogen and oxygen atoms in total. The van der Waals surface area contributed by atoms with Gasteiger partial charge in [0.25, 0.3) is 5.91 Å². The Hall–Kier alpha value is -2.19. The Balaban J connectivity index is 1.60. The highest BCUT2D eigenvalue weighted by Gasteiger charge is 2.39. The normalized spacial score (nSPS) is 23.9. The van der Waals surface area contributed by atoms with E-state index in [2.05, 4.69) is 15.2 Å². The third kappa shape index (κ3) is 3.98. The van der Waals surface area contributed by atoms with Crippen LogP contribution in [0.5, 0.6) is 0 Å². The highest BCUT2D eigenvalue weighted by atomic mass is 16.5. The van der Waals surface area contributed by atoms with Gasteiger partial charge in [0.2, 0.25) is 5.76 Å². The smallest absolute Gasteiger partial charge is 0.293 e. The van der Waals surface area contributed by atoms with Crippen molar-refractivity contribution in [3.8, 4) is 0 Å². The second kappa shape index (κ2) is 8.45. The molecule has 2 aliphatic heterocycles. The van der Waals surface area contributed by atoms with Crippen LogP contribution in [0.1, 0.15) is 54.0 Å². The van der Waals surface area contributed by atoms with Crippen molar-refractivity contribution >= 4 is 5.91 Å². The number of piperidine rings is 1. The summed E-state index contributed by atoms with van der Waals surface area (Å²) in [5, 5.41) is 8.32. The molecule has 1 amide bonds. The largest absolute Gasteiger partial charge is 0.373 e. The molecule has 152 valence electrons. The average Bonchev–Trinajstić information content (AvgIpc) is 3.37. The molecule has 0 radical (unpaired) electrons. The zero-order chi connectivity index (χ0) is 19.5. The van der Waals surface area contributed by atoms with Gasteiger partial charge in [0, 0.05) is 38.0 Å². The van der Waals surface area contributed by atoms with Gasteiger partial charge in [-0.1, -0.05) is 18.5 Å². The first kappa shape index (κ1) is 19.1. The maximum Gasteiger partial charge on any atom is 0.293 e. The van der Waals surface area contributed by atoms with Gasteiger partial charge in [0.15, 0.2) is 0 Å². The lowest BCUT2D eigenvalue weighted by molar-refractivity contribution is -0.0749. The zero-order valence-corrected chi connectivity index (χ0v) is 16.7. The number of hydrogen-bond donors (Lipinski definition) is 0. The minimum atomic E-state index is -0.188. The van der Waals surface area contributed by atoms with E-state index < -0.39 is 0 Å². The summed E-state index contributed by atoms with van der Waals surface area (Å²) in [6.07, 6.45) is 8.21. The summed E-state index contributed by atoms with van der Waals surface area (Å²) in [5.74, 6) is 0.164. The number of carbonyl (C=O) groups excluding carboxylic acids is 1. The van der Waals surface area contributed by atoms with Gasteiger partial charge < -0.3 is 19.1 Å². The number of hydrogen-bond acceptors (Lipinski definition) is 6. The Morgan fingerprint density at radius 2 is 2.07 bits per heavy atom. The van der Waals surface area contributed by atoms with Crippen molar-refractivity contribution in [3.05, 3.63) is 35.5 Å². The molecule has 0 saturated carbocycles. The quantitative estimate of drug-likeness (QED) is 0.781. The summed E-state index contributed by atoms with van der Waals surface area (Å²) in [4.78, 5) is 17.6. The fourth-order valence-corrected chi connectivity index (χ4v) is 4.22. The Labute approximate surface area is 165 Å². The number of rotatable bonds is 5. The average molecular weight is 387 g/mol. The van der Waals surface area contributed by atoms with Crippen molar-refractivity contribution in [3.63, 3.8) is 0 Å². The Morgan fingerprint density at radius 3 is 2.75 bits per heavy atom. The molecule has 0 aromatic carbocycles. The monoisotopic (exact) mass is 387 g/mol. The van der Waals surface area contributed by atoms with Gasteiger partial charge in [-0.25, -0.2) is 0 Å². The van der Waals surface area contributed by atoms with Crippen molar-refractivity contribution in [2.45, 2.75) is 44.8 Å². The van der Waals surface area contributed by atoms with Crippen LogP contribution in [-0.4, -0.2) is 69.5 Å². The lowest BCUT2D eigenvalue weighted by atomic mass is 9.99. The zero-order valence-electron chi connectivity index (χ0n) is 16.7. The Kier molecular flexibility index (Phi) is 5.77. The van der Waals surface area contributed by atoms with Gasteiger partial charge in [-0.3, -0.25) is 9.48 Å². The van der Waals surface area contributed by atoms with Gasteiger partial charge in [0.1, 0.15) is 0 Å². The van der Waals surface area contributed by atoms with Crippen LogP contribution in [0.4, 0.5) is 0 Å². The molecule has 2 aliphatic rings. The van der Waals surface area contributed by atoms with E-state index in [4.69, 9.17) is 9.26 Å². The third-order valence-electron chi connectivity index (χ3n) is 5.70. The molecule has 4 rings (SSSR count). The molecule has 0 N–H and O–H groups in total. The Morgan fingerprint density at radius 1 is 1.25 bits per heavy atom. The number of likely N-dealkylation sites (tertiary alicyclic amines) is 1. The highest BCUT2D eigenvalue weighted by molar-refractivity contribution is 5.92. The van der Waals surface area contributed by atoms with E-state index in [0.29, 0.717) is 18.9 Å². The summed E-state index contributed by atoms with van der Waals surface area (Å²) in [6.45, 7) is 6.05. The number of amides is 1. The van der Waals surface area contributed by atoms with Gasteiger partial charge in [-0.15, -0.1) is 0 Å². The van der Waals surface area contributed by atoms with Crippen LogP contribution in [0.25, 0.3) is 0 Å². The maximum absolute atomic E-state index is 13.3. The first-order valence-corrected chi connectivity index (χ1v) is 10.2. The molecule has 2 atom stereocenters. The molecule has 0 spiro atoms. The van der Waals surface area contributed by atoms with E-state index in [9.17, 15) is 4.79 Å². The van der Waals surface area contributed by atoms with E-state index in [1.54, 1.807) is 10.7 Å². The molecule has 2 fully saturated rings. The van der Waals surface area contributed by atoms with Gasteiger partial charge in [0.05, 0.1) is 30.6 Å². The SMILES string of the molecule is CCc1cc(C(=O)N2CCO[C@@H](CN3CCCCC3)[C@@H]2c2cnn(C)c2)on1. The number of ether oxygens (including phenoxy) is 1. The molecular formula is C20H29N5O3. The minimum absolute atomic E-state index is 0.0893. The van der Waals surface area contributed by atoms with Crippen LogP contribution < -0.4 is 0 Å². The number of aromatic nitrogens is 3. The first-order chi connectivity index (χ1) is 13.7. The third-order valence-corrected chi connectivity index (χ3v) is 5.70. The number of carbonyl (C=O) groups is 1. The standard InChI is InChI=1S/C20H29N5O3/c1-3-16-11-17(28-22-16)20(26)25-9-10-27-18(14-24-7-5-4-6-8-24)19(25)15-12-21-23(2)13-15/h11-13,18-19H,3-10,14H2,1-2H3/t18-,19-/m0/s1. The fraction of sp³-hybridized carbons (Fsp3) is 0.650. The molecule has 28 heavy (non-hydrogen) atoms. The van der Waals surface area contributed by atoms with Crippen LogP contribution in [-0.2, 0) is 18.2 Å². The second-order valence-electron chi connectivity index (χ2n) is 7.70. The molecule has 2 aromatic rings. The van der Waals surface area contributed by atoms with Crippen LogP contribution >= 0.6 is 0 Å². The van der Waals surface area contributed by atoms with Crippen molar-refractivity contribution in [1.82, 2.24) is 24.7 Å². The van der Waals surface area contributed by atoms with Gasteiger partial charge in [-0.05, 0) is 32.4 Å². The Bertz CT molecular complexity index is 795. The number of aryl methyl sites for hydroxylation is 2. The van der Waals surface area contributed by atoms with E-state index >= 15 is 0 Å². The molecule has 0 unspecified atom stereocenters. The summed E-state index contributed by atoms with van der Waals surface area (Å²) in [7, 11) is 1.89. The minimum Gasteiger partial charge on any atom is -0.373 e. The summed E-state index contributed by atoms with van der Waals surface area (Å²) >= 11 is 0. The van der Waals surface area contributed by atoms with E-state index in [-0.39, 0.29) is 18.1 Å². The van der Waals surface area contributed by atoms with Gasteiger partial charge >= 0.3 is 0 Å². The van der Waals surface area contributed by atoms with E-state index in [1.165, 1.54) is 19.3 Å². The summed E-state index contributed by atoms with van der Waals surface area (Å²) in [5.41, 5.74) is 1.78. The van der Waals surface area contributed by atoms with Crippen molar-refractivity contribution in [2.24, 2.45) is 7.05 Å². The molecule has 0 aliphatic carbocycles. The predicted octanol–water partition coefficient (Wildman–Crippen LogP) is 2.04.